The number of piperidine rings is 1. The van der Waals surface area contributed by atoms with Gasteiger partial charge in [0.15, 0.2) is 5.16 Å². The molecule has 0 aliphatic carbocycles. The first kappa shape index (κ1) is 14.5. The maximum absolute atomic E-state index is 9.65. The van der Waals surface area contributed by atoms with Crippen molar-refractivity contribution in [1.82, 2.24) is 20.2 Å². The van der Waals surface area contributed by atoms with Gasteiger partial charge < -0.3 is 10.0 Å². The predicted octanol–water partition coefficient (Wildman–Crippen LogP) is 2.47. The Balaban J connectivity index is 1.61. The van der Waals surface area contributed by atoms with E-state index in [1.54, 1.807) is 11.8 Å². The number of pyridine rings is 1. The summed E-state index contributed by atoms with van der Waals surface area (Å²) in [6.07, 6.45) is 4.90. The highest BCUT2D eigenvalue weighted by Gasteiger charge is 2.17. The lowest BCUT2D eigenvalue weighted by Crippen LogP contribution is -2.35. The third-order valence-electron chi connectivity index (χ3n) is 4.08. The number of aliphatic hydroxyl groups is 1. The van der Waals surface area contributed by atoms with Gasteiger partial charge >= 0.3 is 0 Å². The van der Waals surface area contributed by atoms with Crippen molar-refractivity contribution in [3.63, 3.8) is 0 Å². The first-order chi connectivity index (χ1) is 11.3. The Bertz CT molecular complexity index is 799. The molecule has 0 bridgehead atoms. The van der Waals surface area contributed by atoms with E-state index in [4.69, 9.17) is 0 Å². The van der Waals surface area contributed by atoms with Crippen molar-refractivity contribution >= 4 is 28.4 Å². The van der Waals surface area contributed by atoms with Crippen LogP contribution in [-0.2, 0) is 0 Å². The topological polar surface area (TPSA) is 77.9 Å². The van der Waals surface area contributed by atoms with Gasteiger partial charge in [-0.2, -0.15) is 5.10 Å². The minimum absolute atomic E-state index is 0.162. The fourth-order valence-electron chi connectivity index (χ4n) is 2.81. The fourth-order valence-corrected chi connectivity index (χ4v) is 3.56. The summed E-state index contributed by atoms with van der Waals surface area (Å²) < 4.78 is 0. The van der Waals surface area contributed by atoms with Crippen LogP contribution >= 0.6 is 11.8 Å². The Hall–Kier alpha value is -2.12. The van der Waals surface area contributed by atoms with E-state index < -0.39 is 0 Å². The molecule has 0 spiro atoms. The van der Waals surface area contributed by atoms with Crippen molar-refractivity contribution < 1.29 is 5.11 Å². The SMILES string of the molecule is OC1CCN(c2cnc3ccc(Sc4ncn[nH]4)cc3c2)CC1. The van der Waals surface area contributed by atoms with Crippen LogP contribution in [0.2, 0.25) is 0 Å². The number of aromatic nitrogens is 4. The monoisotopic (exact) mass is 327 g/mol. The quantitative estimate of drug-likeness (QED) is 0.769. The molecule has 1 aromatic carbocycles. The van der Waals surface area contributed by atoms with Gasteiger partial charge in [-0.15, -0.1) is 0 Å². The van der Waals surface area contributed by atoms with Crippen molar-refractivity contribution in [2.75, 3.05) is 18.0 Å². The predicted molar refractivity (Wildman–Crippen MR) is 89.7 cm³/mol. The molecule has 118 valence electrons. The molecule has 2 aromatic heterocycles. The molecule has 1 aliphatic heterocycles. The van der Waals surface area contributed by atoms with Gasteiger partial charge in [-0.05, 0) is 37.1 Å². The van der Waals surface area contributed by atoms with E-state index in [0.717, 1.165) is 52.6 Å². The van der Waals surface area contributed by atoms with E-state index in [0.29, 0.717) is 0 Å². The minimum Gasteiger partial charge on any atom is -0.393 e. The second-order valence-corrected chi connectivity index (χ2v) is 6.72. The first-order valence-corrected chi connectivity index (χ1v) is 8.45. The molecule has 6 nitrogen and oxygen atoms in total. The Labute approximate surface area is 138 Å². The maximum Gasteiger partial charge on any atom is 0.188 e. The van der Waals surface area contributed by atoms with Crippen molar-refractivity contribution in [2.24, 2.45) is 0 Å². The van der Waals surface area contributed by atoms with Gasteiger partial charge in [0.2, 0.25) is 0 Å². The minimum atomic E-state index is -0.162. The molecule has 7 heteroatoms. The van der Waals surface area contributed by atoms with Gasteiger partial charge in [-0.3, -0.25) is 10.1 Å². The highest BCUT2D eigenvalue weighted by atomic mass is 32.2. The van der Waals surface area contributed by atoms with E-state index in [9.17, 15) is 5.11 Å². The number of rotatable bonds is 3. The van der Waals surface area contributed by atoms with Gasteiger partial charge in [0.25, 0.3) is 0 Å². The highest BCUT2D eigenvalue weighted by molar-refractivity contribution is 7.99. The van der Waals surface area contributed by atoms with Gasteiger partial charge in [0.1, 0.15) is 6.33 Å². The number of hydrogen-bond donors (Lipinski definition) is 2. The van der Waals surface area contributed by atoms with Crippen molar-refractivity contribution in [2.45, 2.75) is 29.0 Å². The van der Waals surface area contributed by atoms with Crippen molar-refractivity contribution in [3.8, 4) is 0 Å². The van der Waals surface area contributed by atoms with E-state index in [2.05, 4.69) is 37.2 Å². The van der Waals surface area contributed by atoms with Crippen LogP contribution in [0.5, 0.6) is 0 Å². The first-order valence-electron chi connectivity index (χ1n) is 7.64. The molecule has 3 heterocycles. The van der Waals surface area contributed by atoms with E-state index in [1.807, 2.05) is 18.3 Å². The van der Waals surface area contributed by atoms with Gasteiger partial charge in [-0.1, -0.05) is 11.8 Å². The maximum atomic E-state index is 9.65. The zero-order valence-electron chi connectivity index (χ0n) is 12.5. The Morgan fingerprint density at radius 1 is 1.17 bits per heavy atom. The third-order valence-corrected chi connectivity index (χ3v) is 4.96. The van der Waals surface area contributed by atoms with Crippen LogP contribution in [-0.4, -0.2) is 44.5 Å². The molecular weight excluding hydrogens is 310 g/mol. The average molecular weight is 327 g/mol. The van der Waals surface area contributed by atoms with Crippen LogP contribution in [0.4, 0.5) is 5.69 Å². The number of anilines is 1. The molecule has 0 atom stereocenters. The number of H-pyrrole nitrogens is 1. The zero-order valence-corrected chi connectivity index (χ0v) is 13.3. The second-order valence-electron chi connectivity index (χ2n) is 5.66. The number of aliphatic hydroxyl groups excluding tert-OH is 1. The molecule has 0 amide bonds. The van der Waals surface area contributed by atoms with E-state index >= 15 is 0 Å². The average Bonchev–Trinajstić information content (AvgIpc) is 3.08. The number of aromatic amines is 1. The molecule has 0 unspecified atom stereocenters. The third kappa shape index (κ3) is 3.16. The summed E-state index contributed by atoms with van der Waals surface area (Å²) in [5, 5.41) is 18.3. The standard InChI is InChI=1S/C16H17N5OS/c22-13-3-5-21(6-4-13)12-7-11-8-14(1-2-15(11)17-9-12)23-16-18-10-19-20-16/h1-2,7-10,13,22H,3-6H2,(H,18,19,20). The summed E-state index contributed by atoms with van der Waals surface area (Å²) in [6.45, 7) is 1.75. The molecule has 1 aliphatic rings. The summed E-state index contributed by atoms with van der Waals surface area (Å²) in [7, 11) is 0. The van der Waals surface area contributed by atoms with Crippen LogP contribution in [0.25, 0.3) is 10.9 Å². The number of hydrogen-bond acceptors (Lipinski definition) is 6. The van der Waals surface area contributed by atoms with Gasteiger partial charge in [-0.25, -0.2) is 4.98 Å². The second kappa shape index (κ2) is 6.17. The molecular formula is C16H17N5OS. The smallest absolute Gasteiger partial charge is 0.188 e. The van der Waals surface area contributed by atoms with E-state index in [-0.39, 0.29) is 6.10 Å². The Morgan fingerprint density at radius 2 is 2.04 bits per heavy atom. The van der Waals surface area contributed by atoms with Crippen LogP contribution in [0, 0.1) is 0 Å². The Morgan fingerprint density at radius 3 is 2.83 bits per heavy atom. The number of fused-ring (bicyclic) bond motifs is 1. The summed E-state index contributed by atoms with van der Waals surface area (Å²) in [6, 6.07) is 8.36. The Kier molecular flexibility index (Phi) is 3.88. The molecule has 2 N–H and O–H groups in total. The van der Waals surface area contributed by atoms with Gasteiger partial charge in [0, 0.05) is 23.4 Å². The molecule has 1 saturated heterocycles. The summed E-state index contributed by atoms with van der Waals surface area (Å²) >= 11 is 1.55. The highest BCUT2D eigenvalue weighted by Crippen LogP contribution is 2.29. The number of nitrogens with zero attached hydrogens (tertiary/aromatic N) is 4. The lowest BCUT2D eigenvalue weighted by Gasteiger charge is -2.31. The summed E-state index contributed by atoms with van der Waals surface area (Å²) in [5.41, 5.74) is 2.10. The van der Waals surface area contributed by atoms with Crippen LogP contribution < -0.4 is 4.90 Å². The molecule has 23 heavy (non-hydrogen) atoms. The molecule has 3 aromatic rings. The van der Waals surface area contributed by atoms with Crippen LogP contribution in [0.15, 0.2) is 46.8 Å². The zero-order chi connectivity index (χ0) is 15.6. The molecule has 4 rings (SSSR count). The summed E-state index contributed by atoms with van der Waals surface area (Å²) in [4.78, 5) is 12.1. The van der Waals surface area contributed by atoms with Crippen LogP contribution in [0.1, 0.15) is 12.8 Å². The number of benzene rings is 1. The van der Waals surface area contributed by atoms with Crippen molar-refractivity contribution in [3.05, 3.63) is 36.8 Å². The molecule has 0 radical (unpaired) electrons. The lowest BCUT2D eigenvalue weighted by atomic mass is 10.1. The van der Waals surface area contributed by atoms with Gasteiger partial charge in [0.05, 0.1) is 23.5 Å². The number of nitrogens with one attached hydrogen (secondary N) is 1. The fraction of sp³-hybridized carbons (Fsp3) is 0.312. The summed E-state index contributed by atoms with van der Waals surface area (Å²) in [5.74, 6) is 0. The lowest BCUT2D eigenvalue weighted by molar-refractivity contribution is 0.145. The molecule has 1 fully saturated rings. The van der Waals surface area contributed by atoms with E-state index in [1.165, 1.54) is 6.33 Å². The van der Waals surface area contributed by atoms with Crippen LogP contribution in [0.3, 0.4) is 0 Å². The normalized spacial score (nSPS) is 16.1. The molecule has 0 saturated carbocycles. The largest absolute Gasteiger partial charge is 0.393 e. The van der Waals surface area contributed by atoms with Crippen molar-refractivity contribution in [1.29, 1.82) is 0 Å².